The van der Waals surface area contributed by atoms with E-state index in [0.717, 1.165) is 10.8 Å². The van der Waals surface area contributed by atoms with Gasteiger partial charge in [0.1, 0.15) is 22.3 Å². The van der Waals surface area contributed by atoms with Crippen LogP contribution in [0.15, 0.2) is 87.6 Å². The van der Waals surface area contributed by atoms with Crippen LogP contribution >= 0.6 is 0 Å². The van der Waals surface area contributed by atoms with Crippen LogP contribution in [0.2, 0.25) is 0 Å². The normalized spacial score (nSPS) is 19.7. The summed E-state index contributed by atoms with van der Waals surface area (Å²) in [5, 5.41) is 1.89. The lowest BCUT2D eigenvalue weighted by Gasteiger charge is -2.32. The summed E-state index contributed by atoms with van der Waals surface area (Å²) in [5.41, 5.74) is 0.242. The van der Waals surface area contributed by atoms with Gasteiger partial charge >= 0.3 is 7.12 Å². The fraction of sp³-hybridized carbons (Fsp3) is 0.200. The molecule has 0 atom stereocenters. The van der Waals surface area contributed by atoms with E-state index in [1.54, 1.807) is 6.07 Å². The van der Waals surface area contributed by atoms with Gasteiger partial charge in [0.25, 0.3) is 0 Å². The van der Waals surface area contributed by atoms with E-state index >= 15 is 0 Å². The Kier molecular flexibility index (Phi) is 3.09. The molecule has 0 amide bonds. The zero-order chi connectivity index (χ0) is 29.2. The molecule has 4 nitrogen and oxygen atoms in total. The van der Waals surface area contributed by atoms with Crippen molar-refractivity contribution in [3.8, 4) is 11.1 Å². The van der Waals surface area contributed by atoms with Crippen molar-refractivity contribution in [2.24, 2.45) is 0 Å². The highest BCUT2D eigenvalue weighted by molar-refractivity contribution is 6.62. The minimum Gasteiger partial charge on any atom is -0.456 e. The second-order valence-corrected chi connectivity index (χ2v) is 9.92. The monoisotopic (exact) mass is 466 g/mol. The van der Waals surface area contributed by atoms with E-state index in [4.69, 9.17) is 25.0 Å². The van der Waals surface area contributed by atoms with E-state index in [1.165, 1.54) is 0 Å². The Labute approximate surface area is 212 Å². The molecule has 1 aliphatic rings. The van der Waals surface area contributed by atoms with Crippen LogP contribution in [0.4, 0.5) is 0 Å². The van der Waals surface area contributed by atoms with Crippen molar-refractivity contribution in [1.29, 1.82) is 0 Å². The Morgan fingerprint density at radius 2 is 1.43 bits per heavy atom. The van der Waals surface area contributed by atoms with Gasteiger partial charge in [0.15, 0.2) is 0 Å². The van der Waals surface area contributed by atoms with Crippen molar-refractivity contribution >= 4 is 56.5 Å². The Morgan fingerprint density at radius 3 is 2.26 bits per heavy atom. The van der Waals surface area contributed by atoms with Crippen LogP contribution in [-0.4, -0.2) is 18.3 Å². The molecule has 1 fully saturated rings. The third-order valence-electron chi connectivity index (χ3n) is 7.19. The second-order valence-electron chi connectivity index (χ2n) is 9.92. The van der Waals surface area contributed by atoms with E-state index in [9.17, 15) is 1.37 Å². The van der Waals surface area contributed by atoms with Crippen molar-refractivity contribution in [2.75, 3.05) is 0 Å². The summed E-state index contributed by atoms with van der Waals surface area (Å²) in [6.07, 6.45) is 0. The number of rotatable bonds is 2. The Hall–Kier alpha value is -3.54. The van der Waals surface area contributed by atoms with Gasteiger partial charge in [0.2, 0.25) is 0 Å². The van der Waals surface area contributed by atoms with Crippen LogP contribution in [0.3, 0.4) is 0 Å². The third kappa shape index (κ3) is 3.02. The van der Waals surface area contributed by atoms with E-state index < -0.39 is 18.3 Å². The van der Waals surface area contributed by atoms with Crippen molar-refractivity contribution < 1.29 is 26.4 Å². The Morgan fingerprint density at radius 1 is 0.657 bits per heavy atom. The van der Waals surface area contributed by atoms with Crippen molar-refractivity contribution in [3.05, 3.63) is 78.7 Å². The highest BCUT2D eigenvalue weighted by Gasteiger charge is 2.51. The summed E-state index contributed by atoms with van der Waals surface area (Å²) in [6.45, 7) is 7.45. The van der Waals surface area contributed by atoms with Crippen LogP contribution in [0.5, 0.6) is 0 Å². The van der Waals surface area contributed by atoms with Gasteiger partial charge in [-0.05, 0) is 62.9 Å². The third-order valence-corrected chi connectivity index (χ3v) is 7.19. The maximum absolute atomic E-state index is 9.23. The van der Waals surface area contributed by atoms with Crippen molar-refractivity contribution in [2.45, 2.75) is 38.9 Å². The van der Waals surface area contributed by atoms with Gasteiger partial charge in [-0.2, -0.15) is 0 Å². The minimum atomic E-state index is -1.07. The molecule has 0 spiro atoms. The number of hydrogen-bond acceptors (Lipinski definition) is 4. The zero-order valence-electron chi connectivity index (χ0n) is 25.8. The zero-order valence-corrected chi connectivity index (χ0v) is 19.8. The topological polar surface area (TPSA) is 44.7 Å². The van der Waals surface area contributed by atoms with Gasteiger partial charge in [0.05, 0.1) is 19.4 Å². The fourth-order valence-corrected chi connectivity index (χ4v) is 4.56. The lowest BCUT2D eigenvalue weighted by atomic mass is 9.79. The van der Waals surface area contributed by atoms with E-state index in [2.05, 4.69) is 0 Å². The van der Waals surface area contributed by atoms with Gasteiger partial charge in [0, 0.05) is 27.1 Å². The summed E-state index contributed by atoms with van der Waals surface area (Å²) in [4.78, 5) is 0. The molecule has 0 radical (unpaired) electrons. The molecule has 7 rings (SSSR count). The first-order valence-corrected chi connectivity index (χ1v) is 11.6. The van der Waals surface area contributed by atoms with Crippen LogP contribution < -0.4 is 5.46 Å². The molecule has 0 unspecified atom stereocenters. The van der Waals surface area contributed by atoms with Crippen LogP contribution in [0.1, 0.15) is 35.9 Å². The van der Waals surface area contributed by atoms with Gasteiger partial charge in [-0.25, -0.2) is 0 Å². The van der Waals surface area contributed by atoms with Gasteiger partial charge in [-0.15, -0.1) is 0 Å². The molecule has 4 aromatic carbocycles. The molecule has 6 aromatic rings. The lowest BCUT2D eigenvalue weighted by Crippen LogP contribution is -2.41. The molecule has 0 N–H and O–H groups in total. The molecule has 5 heteroatoms. The van der Waals surface area contributed by atoms with Gasteiger partial charge in [-0.1, -0.05) is 54.5 Å². The quantitative estimate of drug-likeness (QED) is 0.249. The summed E-state index contributed by atoms with van der Waals surface area (Å²) >= 11 is 0. The lowest BCUT2D eigenvalue weighted by molar-refractivity contribution is 0.00578. The molecule has 0 bridgehead atoms. The van der Waals surface area contributed by atoms with E-state index in [-0.39, 0.29) is 69.2 Å². The first-order chi connectivity index (χ1) is 19.3. The van der Waals surface area contributed by atoms with E-state index in [0.29, 0.717) is 16.7 Å². The van der Waals surface area contributed by atoms with E-state index in [1.807, 2.05) is 64.1 Å². The predicted molar refractivity (Wildman–Crippen MR) is 142 cm³/mol. The number of hydrogen-bond donors (Lipinski definition) is 0. The van der Waals surface area contributed by atoms with Crippen molar-refractivity contribution in [3.63, 3.8) is 0 Å². The molecular weight excluding hydrogens is 435 g/mol. The smallest absolute Gasteiger partial charge is 0.456 e. The predicted octanol–water partition coefficient (Wildman–Crippen LogP) is 7.45. The SMILES string of the molecule is [2H]c1c(-c2cccc3c2oc2ccccc23)c([2H])c2c(oc3c([2H])c(B4OC(C)(C)C(C)(C)O4)c([2H])c([2H])c32)c1[2H]. The molecule has 35 heavy (non-hydrogen) atoms. The molecule has 2 aromatic heterocycles. The Bertz CT molecular complexity index is 2080. The van der Waals surface area contributed by atoms with Crippen LogP contribution in [-0.2, 0) is 9.31 Å². The highest BCUT2D eigenvalue weighted by atomic mass is 16.7. The molecular formula is C30H25BO4. The fourth-order valence-electron chi connectivity index (χ4n) is 4.56. The van der Waals surface area contributed by atoms with Crippen LogP contribution in [0, 0.1) is 0 Å². The van der Waals surface area contributed by atoms with Gasteiger partial charge in [-0.3, -0.25) is 0 Å². The molecule has 172 valence electrons. The molecule has 1 saturated heterocycles. The van der Waals surface area contributed by atoms with Gasteiger partial charge < -0.3 is 18.1 Å². The number of para-hydroxylation sites is 2. The number of furan rings is 2. The van der Waals surface area contributed by atoms with Crippen LogP contribution in [0.25, 0.3) is 55.0 Å². The summed E-state index contributed by atoms with van der Waals surface area (Å²) in [7, 11) is -1.07. The maximum Gasteiger partial charge on any atom is 0.494 e. The largest absolute Gasteiger partial charge is 0.494 e. The summed E-state index contributed by atoms with van der Waals surface area (Å²) < 4.78 is 78.0. The summed E-state index contributed by atoms with van der Waals surface area (Å²) in [5.74, 6) is 0. The Balaban J connectivity index is 1.53. The first kappa shape index (κ1) is 15.5. The molecule has 0 aliphatic carbocycles. The van der Waals surface area contributed by atoms with Crippen molar-refractivity contribution in [1.82, 2.24) is 0 Å². The average Bonchev–Trinajstić information content (AvgIpc) is 3.56. The summed E-state index contributed by atoms with van der Waals surface area (Å²) in [6, 6.07) is 11.6. The number of fused-ring (bicyclic) bond motifs is 6. The molecule has 1 aliphatic heterocycles. The second kappa shape index (κ2) is 7.00. The number of benzene rings is 4. The highest BCUT2D eigenvalue weighted by Crippen LogP contribution is 2.39. The minimum absolute atomic E-state index is 0.0498. The first-order valence-electron chi connectivity index (χ1n) is 14.6. The average molecular weight is 466 g/mol. The maximum atomic E-state index is 9.23. The molecule has 3 heterocycles. The standard InChI is InChI=1S/C30H25BO4/c1-29(2)30(3,4)35-31(34-29)19-13-14-22-24-16-18(12-15-26(24)32-27(22)17-19)20-9-7-10-23-21-8-5-6-11-25(21)33-28(20)23/h5-17H,1-4H3/i12D,13D,14D,15D,16D,17D. The molecule has 0 saturated carbocycles.